The molecular formula is C17H25N3. The molecule has 1 atom stereocenters. The third-order valence-electron chi connectivity index (χ3n) is 5.17. The summed E-state index contributed by atoms with van der Waals surface area (Å²) in [4.78, 5) is 4.99. The number of aromatic nitrogens is 3. The molecule has 1 unspecified atom stereocenters. The van der Waals surface area contributed by atoms with Crippen molar-refractivity contribution in [2.45, 2.75) is 82.1 Å². The molecule has 108 valence electrons. The van der Waals surface area contributed by atoms with Gasteiger partial charge in [0.1, 0.15) is 5.82 Å². The first-order valence-electron chi connectivity index (χ1n) is 8.53. The van der Waals surface area contributed by atoms with Crippen molar-refractivity contribution in [1.29, 1.82) is 0 Å². The maximum Gasteiger partial charge on any atom is 0.154 e. The molecule has 1 aromatic heterocycles. The number of rotatable bonds is 3. The standard InChI is InChI=1S/C17H25N3/c1-3-7-14(8-4-1)17-18-16(13-11-12-13)19-20(17)15-9-5-2-6-10-15/h1,3,13-15H,2,4-12H2. The SMILES string of the molecule is C1=CCC(c2nc(C3CC3)nn2C2CCCCC2)CC1. The first-order valence-corrected chi connectivity index (χ1v) is 8.53. The highest BCUT2D eigenvalue weighted by molar-refractivity contribution is 5.12. The van der Waals surface area contributed by atoms with Crippen LogP contribution in [-0.4, -0.2) is 14.8 Å². The van der Waals surface area contributed by atoms with Gasteiger partial charge in [-0.15, -0.1) is 0 Å². The predicted molar refractivity (Wildman–Crippen MR) is 79.9 cm³/mol. The van der Waals surface area contributed by atoms with Crippen LogP contribution >= 0.6 is 0 Å². The molecule has 1 aromatic rings. The van der Waals surface area contributed by atoms with E-state index in [9.17, 15) is 0 Å². The highest BCUT2D eigenvalue weighted by Crippen LogP contribution is 2.41. The van der Waals surface area contributed by atoms with E-state index in [2.05, 4.69) is 16.8 Å². The van der Waals surface area contributed by atoms with Gasteiger partial charge in [-0.25, -0.2) is 9.67 Å². The molecule has 20 heavy (non-hydrogen) atoms. The Hall–Kier alpha value is -1.12. The minimum Gasteiger partial charge on any atom is -0.246 e. The minimum absolute atomic E-state index is 0.613. The zero-order valence-corrected chi connectivity index (χ0v) is 12.3. The lowest BCUT2D eigenvalue weighted by molar-refractivity contribution is 0.312. The Balaban J connectivity index is 1.65. The van der Waals surface area contributed by atoms with Gasteiger partial charge in [-0.2, -0.15) is 5.10 Å². The van der Waals surface area contributed by atoms with Crippen LogP contribution in [-0.2, 0) is 0 Å². The first-order chi connectivity index (χ1) is 9.92. The Morgan fingerprint density at radius 3 is 2.45 bits per heavy atom. The Bertz CT molecular complexity index is 492. The van der Waals surface area contributed by atoms with Crippen molar-refractivity contribution >= 4 is 0 Å². The molecule has 0 aromatic carbocycles. The molecule has 2 fully saturated rings. The van der Waals surface area contributed by atoms with E-state index in [0.717, 1.165) is 12.2 Å². The van der Waals surface area contributed by atoms with Crippen molar-refractivity contribution in [3.05, 3.63) is 23.8 Å². The van der Waals surface area contributed by atoms with Crippen LogP contribution < -0.4 is 0 Å². The molecule has 4 rings (SSSR count). The second-order valence-corrected chi connectivity index (χ2v) is 6.82. The quantitative estimate of drug-likeness (QED) is 0.759. The number of nitrogens with zero attached hydrogens (tertiary/aromatic N) is 3. The summed E-state index contributed by atoms with van der Waals surface area (Å²) >= 11 is 0. The average molecular weight is 271 g/mol. The van der Waals surface area contributed by atoms with E-state index in [0.29, 0.717) is 17.9 Å². The van der Waals surface area contributed by atoms with E-state index < -0.39 is 0 Å². The third-order valence-corrected chi connectivity index (χ3v) is 5.17. The molecule has 2 saturated carbocycles. The molecular weight excluding hydrogens is 246 g/mol. The van der Waals surface area contributed by atoms with Crippen LogP contribution in [0.3, 0.4) is 0 Å². The summed E-state index contributed by atoms with van der Waals surface area (Å²) in [7, 11) is 0. The van der Waals surface area contributed by atoms with Crippen molar-refractivity contribution in [3.8, 4) is 0 Å². The van der Waals surface area contributed by atoms with Crippen LogP contribution in [0.25, 0.3) is 0 Å². The summed E-state index contributed by atoms with van der Waals surface area (Å²) in [5, 5.41) is 4.95. The Morgan fingerprint density at radius 2 is 1.75 bits per heavy atom. The third kappa shape index (κ3) is 2.43. The lowest BCUT2D eigenvalue weighted by Crippen LogP contribution is -2.19. The zero-order valence-electron chi connectivity index (χ0n) is 12.3. The predicted octanol–water partition coefficient (Wildman–Crippen LogP) is 4.48. The van der Waals surface area contributed by atoms with E-state index in [1.54, 1.807) is 0 Å². The van der Waals surface area contributed by atoms with Gasteiger partial charge in [0.2, 0.25) is 0 Å². The molecule has 3 aliphatic rings. The van der Waals surface area contributed by atoms with Gasteiger partial charge in [-0.1, -0.05) is 31.4 Å². The fraction of sp³-hybridized carbons (Fsp3) is 0.765. The van der Waals surface area contributed by atoms with E-state index in [4.69, 9.17) is 10.1 Å². The Kier molecular flexibility index (Phi) is 3.37. The fourth-order valence-corrected chi connectivity index (χ4v) is 3.77. The van der Waals surface area contributed by atoms with E-state index in [1.807, 2.05) is 0 Å². The van der Waals surface area contributed by atoms with Crippen molar-refractivity contribution in [2.24, 2.45) is 0 Å². The number of allylic oxidation sites excluding steroid dienone is 2. The van der Waals surface area contributed by atoms with Crippen LogP contribution in [0.4, 0.5) is 0 Å². The maximum atomic E-state index is 4.99. The molecule has 1 heterocycles. The van der Waals surface area contributed by atoms with Gasteiger partial charge in [0.05, 0.1) is 6.04 Å². The number of hydrogen-bond acceptors (Lipinski definition) is 2. The lowest BCUT2D eigenvalue weighted by Gasteiger charge is -2.26. The topological polar surface area (TPSA) is 30.7 Å². The summed E-state index contributed by atoms with van der Waals surface area (Å²) in [5.41, 5.74) is 0. The van der Waals surface area contributed by atoms with Crippen LogP contribution in [0, 0.1) is 0 Å². The Morgan fingerprint density at radius 1 is 0.900 bits per heavy atom. The van der Waals surface area contributed by atoms with Crippen molar-refractivity contribution < 1.29 is 0 Å². The van der Waals surface area contributed by atoms with Gasteiger partial charge in [-0.05, 0) is 44.9 Å². The molecule has 0 radical (unpaired) electrons. The molecule has 0 saturated heterocycles. The molecule has 0 amide bonds. The maximum absolute atomic E-state index is 4.99. The van der Waals surface area contributed by atoms with E-state index in [1.165, 1.54) is 63.6 Å². The summed E-state index contributed by atoms with van der Waals surface area (Å²) in [6, 6.07) is 0.629. The van der Waals surface area contributed by atoms with Gasteiger partial charge in [-0.3, -0.25) is 0 Å². The van der Waals surface area contributed by atoms with Gasteiger partial charge in [0.25, 0.3) is 0 Å². The molecule has 0 spiro atoms. The van der Waals surface area contributed by atoms with Gasteiger partial charge in [0, 0.05) is 11.8 Å². The van der Waals surface area contributed by atoms with Crippen LogP contribution in [0.5, 0.6) is 0 Å². The zero-order chi connectivity index (χ0) is 13.4. The minimum atomic E-state index is 0.613. The van der Waals surface area contributed by atoms with Crippen LogP contribution in [0.2, 0.25) is 0 Å². The first kappa shape index (κ1) is 12.6. The van der Waals surface area contributed by atoms with Crippen molar-refractivity contribution in [2.75, 3.05) is 0 Å². The van der Waals surface area contributed by atoms with E-state index in [-0.39, 0.29) is 0 Å². The number of hydrogen-bond donors (Lipinski definition) is 0. The van der Waals surface area contributed by atoms with Gasteiger partial charge >= 0.3 is 0 Å². The normalized spacial score (nSPS) is 27.9. The molecule has 0 bridgehead atoms. The average Bonchev–Trinajstić information content (AvgIpc) is 3.28. The van der Waals surface area contributed by atoms with Gasteiger partial charge < -0.3 is 0 Å². The van der Waals surface area contributed by atoms with Crippen LogP contribution in [0.15, 0.2) is 12.2 Å². The molecule has 0 aliphatic heterocycles. The molecule has 3 nitrogen and oxygen atoms in total. The van der Waals surface area contributed by atoms with Crippen LogP contribution in [0.1, 0.15) is 93.7 Å². The van der Waals surface area contributed by atoms with Crippen molar-refractivity contribution in [3.63, 3.8) is 0 Å². The largest absolute Gasteiger partial charge is 0.246 e. The fourth-order valence-electron chi connectivity index (χ4n) is 3.77. The molecule has 3 heteroatoms. The summed E-state index contributed by atoms with van der Waals surface area (Å²) in [6.07, 6.45) is 17.7. The molecule has 0 N–H and O–H groups in total. The second-order valence-electron chi connectivity index (χ2n) is 6.82. The Labute approximate surface area is 121 Å². The van der Waals surface area contributed by atoms with Crippen molar-refractivity contribution in [1.82, 2.24) is 14.8 Å². The highest BCUT2D eigenvalue weighted by atomic mass is 15.4. The smallest absolute Gasteiger partial charge is 0.154 e. The summed E-state index contributed by atoms with van der Waals surface area (Å²) in [6.45, 7) is 0. The molecule has 3 aliphatic carbocycles. The summed E-state index contributed by atoms with van der Waals surface area (Å²) < 4.78 is 2.36. The second kappa shape index (κ2) is 5.34. The van der Waals surface area contributed by atoms with E-state index >= 15 is 0 Å². The monoisotopic (exact) mass is 271 g/mol. The van der Waals surface area contributed by atoms with Gasteiger partial charge in [0.15, 0.2) is 5.82 Å². The lowest BCUT2D eigenvalue weighted by atomic mass is 9.92. The summed E-state index contributed by atoms with van der Waals surface area (Å²) in [5.74, 6) is 3.75. The highest BCUT2D eigenvalue weighted by Gasteiger charge is 2.32.